The SMILES string of the molecule is O=C(CNC(=O)c1cccc(-n2cccc2)c1)NC1CC1. The summed E-state index contributed by atoms with van der Waals surface area (Å²) in [7, 11) is 0. The highest BCUT2D eigenvalue weighted by Crippen LogP contribution is 2.18. The first-order chi connectivity index (χ1) is 10.2. The third-order valence-electron chi connectivity index (χ3n) is 3.36. The lowest BCUT2D eigenvalue weighted by Crippen LogP contribution is -2.37. The summed E-state index contributed by atoms with van der Waals surface area (Å²) < 4.78 is 1.93. The second-order valence-corrected chi connectivity index (χ2v) is 5.17. The number of carbonyl (C=O) groups excluding carboxylic acids is 2. The monoisotopic (exact) mass is 283 g/mol. The normalized spacial score (nSPS) is 13.7. The summed E-state index contributed by atoms with van der Waals surface area (Å²) in [5, 5.41) is 5.48. The molecular weight excluding hydrogens is 266 g/mol. The summed E-state index contributed by atoms with van der Waals surface area (Å²) >= 11 is 0. The molecule has 3 rings (SSSR count). The number of nitrogens with zero attached hydrogens (tertiary/aromatic N) is 1. The Morgan fingerprint density at radius 2 is 1.90 bits per heavy atom. The van der Waals surface area contributed by atoms with Crippen LogP contribution < -0.4 is 10.6 Å². The fourth-order valence-corrected chi connectivity index (χ4v) is 2.08. The third kappa shape index (κ3) is 3.51. The maximum atomic E-state index is 12.1. The minimum atomic E-state index is -0.241. The minimum Gasteiger partial charge on any atom is -0.352 e. The average molecular weight is 283 g/mol. The predicted molar refractivity (Wildman–Crippen MR) is 79.3 cm³/mol. The topological polar surface area (TPSA) is 63.1 Å². The van der Waals surface area contributed by atoms with E-state index in [1.165, 1.54) is 0 Å². The van der Waals surface area contributed by atoms with E-state index in [2.05, 4.69) is 10.6 Å². The number of aromatic nitrogens is 1. The molecule has 1 heterocycles. The van der Waals surface area contributed by atoms with Crippen molar-refractivity contribution in [1.82, 2.24) is 15.2 Å². The first-order valence-corrected chi connectivity index (χ1v) is 7.03. The van der Waals surface area contributed by atoms with Crippen LogP contribution in [0.1, 0.15) is 23.2 Å². The van der Waals surface area contributed by atoms with E-state index >= 15 is 0 Å². The largest absolute Gasteiger partial charge is 0.352 e. The van der Waals surface area contributed by atoms with Crippen molar-refractivity contribution < 1.29 is 9.59 Å². The van der Waals surface area contributed by atoms with Crippen LogP contribution in [0.25, 0.3) is 5.69 Å². The molecule has 0 atom stereocenters. The van der Waals surface area contributed by atoms with Crippen LogP contribution in [0.4, 0.5) is 0 Å². The van der Waals surface area contributed by atoms with Gasteiger partial charge in [-0.15, -0.1) is 0 Å². The van der Waals surface area contributed by atoms with Gasteiger partial charge in [0.05, 0.1) is 6.54 Å². The van der Waals surface area contributed by atoms with Crippen LogP contribution in [0.3, 0.4) is 0 Å². The molecule has 0 radical (unpaired) electrons. The standard InChI is InChI=1S/C16H17N3O2/c20-15(18-13-6-7-13)11-17-16(21)12-4-3-5-14(10-12)19-8-1-2-9-19/h1-5,8-10,13H,6-7,11H2,(H,17,21)(H,18,20). The Balaban J connectivity index is 1.61. The third-order valence-corrected chi connectivity index (χ3v) is 3.36. The van der Waals surface area contributed by atoms with Gasteiger partial charge >= 0.3 is 0 Å². The van der Waals surface area contributed by atoms with Crippen LogP contribution >= 0.6 is 0 Å². The lowest BCUT2D eigenvalue weighted by atomic mass is 10.2. The van der Waals surface area contributed by atoms with Crippen LogP contribution in [0, 0.1) is 0 Å². The molecule has 0 spiro atoms. The van der Waals surface area contributed by atoms with Gasteiger partial charge in [0.2, 0.25) is 5.91 Å². The molecule has 1 aliphatic rings. The smallest absolute Gasteiger partial charge is 0.251 e. The molecule has 2 amide bonds. The van der Waals surface area contributed by atoms with Crippen molar-refractivity contribution in [3.8, 4) is 5.69 Å². The number of hydrogen-bond acceptors (Lipinski definition) is 2. The number of rotatable bonds is 5. The zero-order valence-electron chi connectivity index (χ0n) is 11.6. The maximum absolute atomic E-state index is 12.1. The van der Waals surface area contributed by atoms with Crippen molar-refractivity contribution in [3.63, 3.8) is 0 Å². The second kappa shape index (κ2) is 5.83. The van der Waals surface area contributed by atoms with E-state index in [0.717, 1.165) is 18.5 Å². The van der Waals surface area contributed by atoms with Gasteiger partial charge in [-0.05, 0) is 43.2 Å². The summed E-state index contributed by atoms with van der Waals surface area (Å²) in [5.41, 5.74) is 1.45. The molecule has 2 N–H and O–H groups in total. The molecule has 0 saturated heterocycles. The van der Waals surface area contributed by atoms with Crippen LogP contribution in [0.5, 0.6) is 0 Å². The summed E-state index contributed by atoms with van der Waals surface area (Å²) in [4.78, 5) is 23.6. The quantitative estimate of drug-likeness (QED) is 0.873. The van der Waals surface area contributed by atoms with Gasteiger partial charge in [-0.25, -0.2) is 0 Å². The Morgan fingerprint density at radius 3 is 2.62 bits per heavy atom. The Kier molecular flexibility index (Phi) is 3.73. The molecular formula is C16H17N3O2. The summed E-state index contributed by atoms with van der Waals surface area (Å²) in [6.45, 7) is 0.0169. The van der Waals surface area contributed by atoms with Crippen molar-refractivity contribution >= 4 is 11.8 Å². The van der Waals surface area contributed by atoms with Gasteiger partial charge in [0.1, 0.15) is 0 Å². The van der Waals surface area contributed by atoms with E-state index in [1.807, 2.05) is 41.2 Å². The van der Waals surface area contributed by atoms with Crippen molar-refractivity contribution in [2.45, 2.75) is 18.9 Å². The minimum absolute atomic E-state index is 0.0169. The summed E-state index contributed by atoms with van der Waals surface area (Å²) in [6, 6.07) is 11.5. The lowest BCUT2D eigenvalue weighted by molar-refractivity contribution is -0.120. The lowest BCUT2D eigenvalue weighted by Gasteiger charge is -2.08. The van der Waals surface area contributed by atoms with Gasteiger partial charge in [0.25, 0.3) is 5.91 Å². The predicted octanol–water partition coefficient (Wildman–Crippen LogP) is 1.49. The Morgan fingerprint density at radius 1 is 1.14 bits per heavy atom. The van der Waals surface area contributed by atoms with Gasteiger partial charge in [0.15, 0.2) is 0 Å². The summed E-state index contributed by atoms with van der Waals surface area (Å²) in [6.07, 6.45) is 5.91. The molecule has 1 saturated carbocycles. The summed E-state index contributed by atoms with van der Waals surface area (Å²) in [5.74, 6) is -0.373. The molecule has 1 aromatic heterocycles. The van der Waals surface area contributed by atoms with Crippen molar-refractivity contribution in [2.75, 3.05) is 6.54 Å². The van der Waals surface area contributed by atoms with Crippen molar-refractivity contribution in [3.05, 3.63) is 54.4 Å². The highest BCUT2D eigenvalue weighted by atomic mass is 16.2. The molecule has 1 fully saturated rings. The molecule has 0 bridgehead atoms. The zero-order chi connectivity index (χ0) is 14.7. The van der Waals surface area contributed by atoms with Crippen LogP contribution in [-0.4, -0.2) is 29.0 Å². The van der Waals surface area contributed by atoms with Gasteiger partial charge in [-0.3, -0.25) is 9.59 Å². The number of benzene rings is 1. The number of amides is 2. The molecule has 108 valence electrons. The van der Waals surface area contributed by atoms with E-state index in [9.17, 15) is 9.59 Å². The van der Waals surface area contributed by atoms with Gasteiger partial charge in [-0.1, -0.05) is 6.07 Å². The highest BCUT2D eigenvalue weighted by molar-refractivity contribution is 5.96. The van der Waals surface area contributed by atoms with E-state index in [-0.39, 0.29) is 18.4 Å². The molecule has 1 aliphatic carbocycles. The molecule has 21 heavy (non-hydrogen) atoms. The van der Waals surface area contributed by atoms with Gasteiger partial charge in [0, 0.05) is 29.7 Å². The number of hydrogen-bond donors (Lipinski definition) is 2. The highest BCUT2D eigenvalue weighted by Gasteiger charge is 2.23. The molecule has 2 aromatic rings. The molecule has 0 aliphatic heterocycles. The Bertz CT molecular complexity index is 645. The van der Waals surface area contributed by atoms with E-state index in [0.29, 0.717) is 11.6 Å². The van der Waals surface area contributed by atoms with Crippen LogP contribution in [0.2, 0.25) is 0 Å². The maximum Gasteiger partial charge on any atom is 0.251 e. The van der Waals surface area contributed by atoms with Crippen LogP contribution in [-0.2, 0) is 4.79 Å². The second-order valence-electron chi connectivity index (χ2n) is 5.17. The zero-order valence-corrected chi connectivity index (χ0v) is 11.6. The van der Waals surface area contributed by atoms with E-state index in [4.69, 9.17) is 0 Å². The van der Waals surface area contributed by atoms with E-state index < -0.39 is 0 Å². The van der Waals surface area contributed by atoms with Crippen LogP contribution in [0.15, 0.2) is 48.8 Å². The van der Waals surface area contributed by atoms with E-state index in [1.54, 1.807) is 12.1 Å². The molecule has 1 aromatic carbocycles. The Labute approximate surface area is 123 Å². The van der Waals surface area contributed by atoms with Crippen molar-refractivity contribution in [1.29, 1.82) is 0 Å². The number of carbonyl (C=O) groups is 2. The molecule has 0 unspecified atom stereocenters. The first kappa shape index (κ1) is 13.4. The fraction of sp³-hybridized carbons (Fsp3) is 0.250. The number of nitrogens with one attached hydrogen (secondary N) is 2. The fourth-order valence-electron chi connectivity index (χ4n) is 2.08. The van der Waals surface area contributed by atoms with Gasteiger partial charge < -0.3 is 15.2 Å². The Hall–Kier alpha value is -2.56. The molecule has 5 heteroatoms. The molecule has 5 nitrogen and oxygen atoms in total. The van der Waals surface area contributed by atoms with Crippen molar-refractivity contribution in [2.24, 2.45) is 0 Å². The first-order valence-electron chi connectivity index (χ1n) is 7.03. The van der Waals surface area contributed by atoms with Gasteiger partial charge in [-0.2, -0.15) is 0 Å². The average Bonchev–Trinajstić information content (AvgIpc) is 3.14.